The predicted molar refractivity (Wildman–Crippen MR) is 76.5 cm³/mol. The molecule has 0 aliphatic rings. The monoisotopic (exact) mass is 329 g/mol. The number of rotatable bonds is 4. The molecule has 0 N–H and O–H groups in total. The first kappa shape index (κ1) is 12.8. The molecule has 2 rings (SSSR count). The van der Waals surface area contributed by atoms with Gasteiger partial charge in [-0.15, -0.1) is 11.3 Å². The van der Waals surface area contributed by atoms with Gasteiger partial charge in [-0.3, -0.25) is 4.79 Å². The van der Waals surface area contributed by atoms with Crippen LogP contribution in [0.5, 0.6) is 0 Å². The predicted octanol–water partition coefficient (Wildman–Crippen LogP) is 3.77. The SMILES string of the molecule is CN(Cc1cc(Br)cs1)C(=O)Cc1ccsc1. The summed E-state index contributed by atoms with van der Waals surface area (Å²) < 4.78 is 1.08. The van der Waals surface area contributed by atoms with E-state index in [0.717, 1.165) is 10.0 Å². The topological polar surface area (TPSA) is 20.3 Å². The minimum absolute atomic E-state index is 0.160. The Bertz CT molecular complexity index is 492. The maximum Gasteiger partial charge on any atom is 0.227 e. The van der Waals surface area contributed by atoms with E-state index in [1.54, 1.807) is 27.6 Å². The van der Waals surface area contributed by atoms with E-state index in [2.05, 4.69) is 22.0 Å². The van der Waals surface area contributed by atoms with Crippen molar-refractivity contribution in [3.8, 4) is 0 Å². The summed E-state index contributed by atoms with van der Waals surface area (Å²) in [7, 11) is 1.85. The van der Waals surface area contributed by atoms with Crippen LogP contribution in [-0.2, 0) is 17.8 Å². The molecule has 2 aromatic heterocycles. The van der Waals surface area contributed by atoms with Gasteiger partial charge in [0.25, 0.3) is 0 Å². The lowest BCUT2D eigenvalue weighted by molar-refractivity contribution is -0.129. The fourth-order valence-electron chi connectivity index (χ4n) is 1.46. The quantitative estimate of drug-likeness (QED) is 0.836. The normalized spacial score (nSPS) is 10.5. The molecule has 0 aromatic carbocycles. The molecule has 2 aromatic rings. The Morgan fingerprint density at radius 3 is 2.88 bits per heavy atom. The molecule has 0 fully saturated rings. The van der Waals surface area contributed by atoms with E-state index in [1.165, 1.54) is 4.88 Å². The molecular formula is C12H12BrNOS2. The van der Waals surface area contributed by atoms with Gasteiger partial charge in [0, 0.05) is 21.8 Å². The number of hydrogen-bond acceptors (Lipinski definition) is 3. The van der Waals surface area contributed by atoms with E-state index in [1.807, 2.05) is 29.3 Å². The number of carbonyl (C=O) groups excluding carboxylic acids is 1. The van der Waals surface area contributed by atoms with Crippen LogP contribution >= 0.6 is 38.6 Å². The number of nitrogens with zero attached hydrogens (tertiary/aromatic N) is 1. The minimum atomic E-state index is 0.160. The number of likely N-dealkylation sites (N-methyl/N-ethyl adjacent to an activating group) is 1. The maximum atomic E-state index is 11.9. The summed E-state index contributed by atoms with van der Waals surface area (Å²) in [6, 6.07) is 4.05. The van der Waals surface area contributed by atoms with E-state index < -0.39 is 0 Å². The van der Waals surface area contributed by atoms with Gasteiger partial charge in [-0.05, 0) is 44.4 Å². The largest absolute Gasteiger partial charge is 0.340 e. The molecule has 0 radical (unpaired) electrons. The first-order valence-electron chi connectivity index (χ1n) is 5.13. The molecule has 0 saturated heterocycles. The molecule has 90 valence electrons. The standard InChI is InChI=1S/C12H12BrNOS2/c1-14(6-11-5-10(13)8-17-11)12(15)4-9-2-3-16-7-9/h2-3,5,7-8H,4,6H2,1H3. The van der Waals surface area contributed by atoms with Crippen LogP contribution in [0, 0.1) is 0 Å². The fourth-order valence-corrected chi connectivity index (χ4v) is 3.63. The van der Waals surface area contributed by atoms with Gasteiger partial charge in [-0.25, -0.2) is 0 Å². The summed E-state index contributed by atoms with van der Waals surface area (Å²) in [5.74, 6) is 0.160. The zero-order valence-corrected chi connectivity index (χ0v) is 12.6. The van der Waals surface area contributed by atoms with Crippen LogP contribution in [0.3, 0.4) is 0 Å². The van der Waals surface area contributed by atoms with Crippen LogP contribution in [0.1, 0.15) is 10.4 Å². The molecule has 0 aliphatic heterocycles. The van der Waals surface area contributed by atoms with Crippen LogP contribution in [0.2, 0.25) is 0 Å². The van der Waals surface area contributed by atoms with E-state index in [-0.39, 0.29) is 5.91 Å². The van der Waals surface area contributed by atoms with Crippen molar-refractivity contribution in [3.05, 3.63) is 43.2 Å². The highest BCUT2D eigenvalue weighted by Crippen LogP contribution is 2.21. The number of halogens is 1. The second-order valence-electron chi connectivity index (χ2n) is 3.79. The average molecular weight is 330 g/mol. The van der Waals surface area contributed by atoms with Crippen LogP contribution in [0.25, 0.3) is 0 Å². The molecule has 17 heavy (non-hydrogen) atoms. The summed E-state index contributed by atoms with van der Waals surface area (Å²) in [4.78, 5) is 14.9. The van der Waals surface area contributed by atoms with E-state index in [9.17, 15) is 4.79 Å². The van der Waals surface area contributed by atoms with Gasteiger partial charge >= 0.3 is 0 Å². The van der Waals surface area contributed by atoms with Crippen molar-refractivity contribution in [3.63, 3.8) is 0 Å². The molecule has 0 unspecified atom stereocenters. The molecule has 0 aliphatic carbocycles. The van der Waals surface area contributed by atoms with E-state index >= 15 is 0 Å². The summed E-state index contributed by atoms with van der Waals surface area (Å²) >= 11 is 6.71. The number of amides is 1. The first-order valence-corrected chi connectivity index (χ1v) is 7.74. The van der Waals surface area contributed by atoms with Crippen LogP contribution in [0.15, 0.2) is 32.7 Å². The van der Waals surface area contributed by atoms with Crippen molar-refractivity contribution < 1.29 is 4.79 Å². The third-order valence-corrected chi connectivity index (χ3v) is 4.79. The summed E-state index contributed by atoms with van der Waals surface area (Å²) in [5, 5.41) is 6.05. The number of thiophene rings is 2. The second-order valence-corrected chi connectivity index (χ2v) is 6.48. The minimum Gasteiger partial charge on any atom is -0.340 e. The zero-order chi connectivity index (χ0) is 12.3. The summed E-state index contributed by atoms with van der Waals surface area (Å²) in [6.07, 6.45) is 0.493. The molecule has 0 atom stereocenters. The van der Waals surface area contributed by atoms with Gasteiger partial charge in [0.2, 0.25) is 5.91 Å². The molecule has 1 amide bonds. The lowest BCUT2D eigenvalue weighted by Crippen LogP contribution is -2.27. The van der Waals surface area contributed by atoms with Gasteiger partial charge in [-0.1, -0.05) is 0 Å². The van der Waals surface area contributed by atoms with Crippen molar-refractivity contribution in [2.45, 2.75) is 13.0 Å². The molecule has 0 spiro atoms. The van der Waals surface area contributed by atoms with Gasteiger partial charge in [0.05, 0.1) is 13.0 Å². The van der Waals surface area contributed by atoms with Gasteiger partial charge < -0.3 is 4.90 Å². The fraction of sp³-hybridized carbons (Fsp3) is 0.250. The van der Waals surface area contributed by atoms with Crippen LogP contribution in [0.4, 0.5) is 0 Å². The van der Waals surface area contributed by atoms with Crippen molar-refractivity contribution in [2.24, 2.45) is 0 Å². The number of carbonyl (C=O) groups is 1. The molecule has 0 bridgehead atoms. The van der Waals surface area contributed by atoms with Crippen molar-refractivity contribution >= 4 is 44.5 Å². The van der Waals surface area contributed by atoms with Crippen molar-refractivity contribution in [1.29, 1.82) is 0 Å². The average Bonchev–Trinajstić information content (AvgIpc) is 2.90. The highest BCUT2D eigenvalue weighted by molar-refractivity contribution is 9.10. The summed E-state index contributed by atoms with van der Waals surface area (Å²) in [5.41, 5.74) is 1.10. The first-order chi connectivity index (χ1) is 8.15. The Hall–Kier alpha value is -0.650. The highest BCUT2D eigenvalue weighted by atomic mass is 79.9. The third-order valence-electron chi connectivity index (χ3n) is 2.38. The second kappa shape index (κ2) is 5.80. The molecular weight excluding hydrogens is 318 g/mol. The van der Waals surface area contributed by atoms with E-state index in [0.29, 0.717) is 13.0 Å². The van der Waals surface area contributed by atoms with E-state index in [4.69, 9.17) is 0 Å². The Balaban J connectivity index is 1.91. The molecule has 0 saturated carbocycles. The third kappa shape index (κ3) is 3.66. The van der Waals surface area contributed by atoms with Gasteiger partial charge in [-0.2, -0.15) is 11.3 Å². The highest BCUT2D eigenvalue weighted by Gasteiger charge is 2.11. The van der Waals surface area contributed by atoms with Gasteiger partial charge in [0.1, 0.15) is 0 Å². The lowest BCUT2D eigenvalue weighted by atomic mass is 10.2. The van der Waals surface area contributed by atoms with Crippen molar-refractivity contribution in [2.75, 3.05) is 7.05 Å². The van der Waals surface area contributed by atoms with Crippen LogP contribution < -0.4 is 0 Å². The molecule has 5 heteroatoms. The summed E-state index contributed by atoms with van der Waals surface area (Å²) in [6.45, 7) is 0.680. The molecule has 2 nitrogen and oxygen atoms in total. The van der Waals surface area contributed by atoms with Crippen molar-refractivity contribution in [1.82, 2.24) is 4.90 Å². The Labute approximate surface area is 117 Å². The number of hydrogen-bond donors (Lipinski definition) is 0. The van der Waals surface area contributed by atoms with Crippen LogP contribution in [-0.4, -0.2) is 17.9 Å². The molecule has 2 heterocycles. The smallest absolute Gasteiger partial charge is 0.227 e. The maximum absolute atomic E-state index is 11.9. The Morgan fingerprint density at radius 1 is 1.47 bits per heavy atom. The Kier molecular flexibility index (Phi) is 4.36. The van der Waals surface area contributed by atoms with Gasteiger partial charge in [0.15, 0.2) is 0 Å². The lowest BCUT2D eigenvalue weighted by Gasteiger charge is -2.15. The zero-order valence-electron chi connectivity index (χ0n) is 9.35. The Morgan fingerprint density at radius 2 is 2.29 bits per heavy atom.